The summed E-state index contributed by atoms with van der Waals surface area (Å²) in [6, 6.07) is 7.46. The van der Waals surface area contributed by atoms with Gasteiger partial charge in [0.2, 0.25) is 0 Å². The van der Waals surface area contributed by atoms with E-state index >= 15 is 0 Å². The van der Waals surface area contributed by atoms with Crippen molar-refractivity contribution in [3.8, 4) is 5.75 Å². The van der Waals surface area contributed by atoms with Gasteiger partial charge >= 0.3 is 0 Å². The smallest absolute Gasteiger partial charge is 0.132 e. The van der Waals surface area contributed by atoms with Crippen molar-refractivity contribution in [2.24, 2.45) is 17.8 Å². The first-order valence-electron chi connectivity index (χ1n) is 8.38. The Bertz CT molecular complexity index is 537. The molecule has 0 bridgehead atoms. The summed E-state index contributed by atoms with van der Waals surface area (Å²) in [5.41, 5.74) is 1.51. The van der Waals surface area contributed by atoms with E-state index in [4.69, 9.17) is 4.74 Å². The molecule has 0 heterocycles. The molecule has 2 aliphatic rings. The lowest BCUT2D eigenvalue weighted by Gasteiger charge is -2.20. The molecule has 0 aliphatic heterocycles. The molecule has 1 aromatic carbocycles. The Morgan fingerprint density at radius 3 is 2.45 bits per heavy atom. The first-order valence-corrected chi connectivity index (χ1v) is 8.38. The van der Waals surface area contributed by atoms with Crippen LogP contribution in [0.1, 0.15) is 38.7 Å². The minimum atomic E-state index is -1.18. The third kappa shape index (κ3) is 2.66. The van der Waals surface area contributed by atoms with Crippen LogP contribution in [0.3, 0.4) is 0 Å². The molecule has 22 heavy (non-hydrogen) atoms. The minimum absolute atomic E-state index is 0.0383. The number of ether oxygens (including phenoxy) is 1. The van der Waals surface area contributed by atoms with E-state index in [-0.39, 0.29) is 11.8 Å². The van der Waals surface area contributed by atoms with Gasteiger partial charge in [-0.3, -0.25) is 0 Å². The van der Waals surface area contributed by atoms with Crippen LogP contribution in [0.4, 0.5) is 8.78 Å². The van der Waals surface area contributed by atoms with Crippen LogP contribution in [0, 0.1) is 17.8 Å². The predicted molar refractivity (Wildman–Crippen MR) is 85.4 cm³/mol. The van der Waals surface area contributed by atoms with Gasteiger partial charge in [-0.1, -0.05) is 31.6 Å². The summed E-state index contributed by atoms with van der Waals surface area (Å²) < 4.78 is 34.8. The Morgan fingerprint density at radius 1 is 1.14 bits per heavy atom. The first-order chi connectivity index (χ1) is 10.7. The molecular weight excluding hydrogens is 282 g/mol. The Morgan fingerprint density at radius 2 is 1.86 bits per heavy atom. The van der Waals surface area contributed by atoms with E-state index < -0.39 is 18.3 Å². The standard InChI is InChI=1S/C19H24F2O/c1-3-5-13-10-14-11-16(19(21)17(14)18(13)20)12-6-8-15(9-7-12)22-4-2/h6-9,11,13-14,17-19H,3-5,10H2,1-2H3. The Kier molecular flexibility index (Phi) is 4.51. The summed E-state index contributed by atoms with van der Waals surface area (Å²) in [6.07, 6.45) is 2.42. The largest absolute Gasteiger partial charge is 0.494 e. The van der Waals surface area contributed by atoms with Crippen LogP contribution >= 0.6 is 0 Å². The topological polar surface area (TPSA) is 9.23 Å². The lowest BCUT2D eigenvalue weighted by atomic mass is 9.92. The summed E-state index contributed by atoms with van der Waals surface area (Å²) >= 11 is 0. The molecule has 2 aliphatic carbocycles. The Hall–Kier alpha value is -1.38. The van der Waals surface area contributed by atoms with E-state index in [1.54, 1.807) is 0 Å². The Labute approximate surface area is 131 Å². The van der Waals surface area contributed by atoms with Gasteiger partial charge in [-0.05, 0) is 54.9 Å². The number of fused-ring (bicyclic) bond motifs is 1. The second-order valence-corrected chi connectivity index (χ2v) is 6.45. The lowest BCUT2D eigenvalue weighted by molar-refractivity contribution is 0.147. The number of hydrogen-bond donors (Lipinski definition) is 0. The van der Waals surface area contributed by atoms with Crippen molar-refractivity contribution in [2.45, 2.75) is 45.5 Å². The highest BCUT2D eigenvalue weighted by Gasteiger charge is 2.51. The normalized spacial score (nSPS) is 33.6. The minimum Gasteiger partial charge on any atom is -0.494 e. The molecule has 5 unspecified atom stereocenters. The van der Waals surface area contributed by atoms with E-state index in [9.17, 15) is 8.78 Å². The molecule has 5 atom stereocenters. The summed E-state index contributed by atoms with van der Waals surface area (Å²) in [7, 11) is 0. The van der Waals surface area contributed by atoms with Gasteiger partial charge in [-0.2, -0.15) is 0 Å². The van der Waals surface area contributed by atoms with Gasteiger partial charge in [-0.15, -0.1) is 0 Å². The molecule has 0 radical (unpaired) electrons. The maximum atomic E-state index is 14.8. The number of allylic oxidation sites excluding steroid dienone is 2. The van der Waals surface area contributed by atoms with Gasteiger partial charge in [0.25, 0.3) is 0 Å². The molecule has 1 nitrogen and oxygen atoms in total. The zero-order valence-electron chi connectivity index (χ0n) is 13.3. The van der Waals surface area contributed by atoms with Gasteiger partial charge in [0.05, 0.1) is 6.61 Å². The molecule has 0 saturated heterocycles. The van der Waals surface area contributed by atoms with E-state index in [0.29, 0.717) is 12.2 Å². The van der Waals surface area contributed by atoms with E-state index in [2.05, 4.69) is 6.92 Å². The number of hydrogen-bond acceptors (Lipinski definition) is 1. The zero-order chi connectivity index (χ0) is 15.7. The van der Waals surface area contributed by atoms with Gasteiger partial charge in [0.1, 0.15) is 18.1 Å². The van der Waals surface area contributed by atoms with Crippen molar-refractivity contribution in [3.05, 3.63) is 35.9 Å². The fourth-order valence-electron chi connectivity index (χ4n) is 4.09. The molecule has 1 fully saturated rings. The van der Waals surface area contributed by atoms with Crippen LogP contribution in [-0.2, 0) is 0 Å². The van der Waals surface area contributed by atoms with Crippen LogP contribution in [0.2, 0.25) is 0 Å². The van der Waals surface area contributed by atoms with E-state index in [1.807, 2.05) is 37.3 Å². The maximum Gasteiger partial charge on any atom is 0.132 e. The van der Waals surface area contributed by atoms with Gasteiger partial charge < -0.3 is 4.74 Å². The van der Waals surface area contributed by atoms with Crippen molar-refractivity contribution >= 4 is 5.57 Å². The molecule has 0 aromatic heterocycles. The third-order valence-corrected chi connectivity index (χ3v) is 5.07. The highest BCUT2D eigenvalue weighted by atomic mass is 19.1. The number of halogens is 2. The van der Waals surface area contributed by atoms with Crippen LogP contribution in [-0.4, -0.2) is 19.0 Å². The second kappa shape index (κ2) is 6.39. The zero-order valence-corrected chi connectivity index (χ0v) is 13.3. The molecule has 0 N–H and O–H groups in total. The van der Waals surface area contributed by atoms with Crippen molar-refractivity contribution in [1.29, 1.82) is 0 Å². The molecule has 3 heteroatoms. The number of alkyl halides is 2. The lowest BCUT2D eigenvalue weighted by Crippen LogP contribution is -2.25. The maximum absolute atomic E-state index is 14.8. The van der Waals surface area contributed by atoms with Crippen LogP contribution in [0.5, 0.6) is 5.75 Å². The van der Waals surface area contributed by atoms with Crippen LogP contribution in [0.25, 0.3) is 5.57 Å². The van der Waals surface area contributed by atoms with E-state index in [0.717, 1.165) is 30.6 Å². The average molecular weight is 306 g/mol. The SMILES string of the molecule is CCCC1CC2C=C(c3ccc(OCC)cc3)C(F)C2C1F. The summed E-state index contributed by atoms with van der Waals surface area (Å²) in [4.78, 5) is 0. The predicted octanol–water partition coefficient (Wildman–Crippen LogP) is 5.21. The van der Waals surface area contributed by atoms with Gasteiger partial charge in [0.15, 0.2) is 0 Å². The monoisotopic (exact) mass is 306 g/mol. The van der Waals surface area contributed by atoms with Crippen molar-refractivity contribution in [2.75, 3.05) is 6.61 Å². The number of rotatable bonds is 5. The van der Waals surface area contributed by atoms with E-state index in [1.165, 1.54) is 0 Å². The molecule has 1 saturated carbocycles. The molecule has 0 spiro atoms. The molecular formula is C19H24F2O. The Balaban J connectivity index is 1.78. The van der Waals surface area contributed by atoms with Crippen molar-refractivity contribution in [3.63, 3.8) is 0 Å². The molecule has 0 amide bonds. The fourth-order valence-corrected chi connectivity index (χ4v) is 4.09. The highest BCUT2D eigenvalue weighted by molar-refractivity contribution is 5.72. The fraction of sp³-hybridized carbons (Fsp3) is 0.579. The van der Waals surface area contributed by atoms with Crippen LogP contribution < -0.4 is 4.74 Å². The second-order valence-electron chi connectivity index (χ2n) is 6.45. The first kappa shape index (κ1) is 15.5. The molecule has 3 rings (SSSR count). The summed E-state index contributed by atoms with van der Waals surface area (Å²) in [6.45, 7) is 4.61. The van der Waals surface area contributed by atoms with Crippen molar-refractivity contribution in [1.82, 2.24) is 0 Å². The third-order valence-electron chi connectivity index (χ3n) is 5.07. The quantitative estimate of drug-likeness (QED) is 0.725. The van der Waals surface area contributed by atoms with Crippen molar-refractivity contribution < 1.29 is 13.5 Å². The average Bonchev–Trinajstić information content (AvgIpc) is 2.99. The highest BCUT2D eigenvalue weighted by Crippen LogP contribution is 2.52. The van der Waals surface area contributed by atoms with Crippen LogP contribution in [0.15, 0.2) is 30.3 Å². The molecule has 120 valence electrons. The van der Waals surface area contributed by atoms with Gasteiger partial charge in [-0.25, -0.2) is 8.78 Å². The number of benzene rings is 1. The summed E-state index contributed by atoms with van der Waals surface area (Å²) in [5.74, 6) is 0.407. The summed E-state index contributed by atoms with van der Waals surface area (Å²) in [5, 5.41) is 0. The molecule has 1 aromatic rings. The van der Waals surface area contributed by atoms with Gasteiger partial charge in [0, 0.05) is 5.92 Å².